The maximum Gasteiger partial charge on any atom is 0.134 e. The SMILES string of the molecule is CCc1nc(C(C#N)=Cc2cccnc2)sc1C. The van der Waals surface area contributed by atoms with Gasteiger partial charge in [-0.25, -0.2) is 4.98 Å². The molecule has 2 aromatic rings. The van der Waals surface area contributed by atoms with Crippen LogP contribution in [0.3, 0.4) is 0 Å². The minimum absolute atomic E-state index is 0.593. The number of aromatic nitrogens is 2. The lowest BCUT2D eigenvalue weighted by Gasteiger charge is -1.94. The largest absolute Gasteiger partial charge is 0.264 e. The van der Waals surface area contributed by atoms with Crippen molar-refractivity contribution in [3.05, 3.63) is 45.7 Å². The molecule has 3 nitrogen and oxygen atoms in total. The van der Waals surface area contributed by atoms with E-state index in [1.165, 1.54) is 4.88 Å². The zero-order valence-electron chi connectivity index (χ0n) is 10.3. The van der Waals surface area contributed by atoms with Crippen LogP contribution in [0.2, 0.25) is 0 Å². The molecule has 0 atom stereocenters. The topological polar surface area (TPSA) is 49.6 Å². The standard InChI is InChI=1S/C14H13N3S/c1-3-13-10(2)18-14(17-13)12(8-15)7-11-5-4-6-16-9-11/h4-7,9H,3H2,1-2H3. The van der Waals surface area contributed by atoms with E-state index < -0.39 is 0 Å². The summed E-state index contributed by atoms with van der Waals surface area (Å²) >= 11 is 1.57. The lowest BCUT2D eigenvalue weighted by Crippen LogP contribution is -1.85. The Morgan fingerprint density at radius 1 is 1.56 bits per heavy atom. The van der Waals surface area contributed by atoms with Crippen LogP contribution in [0, 0.1) is 18.3 Å². The van der Waals surface area contributed by atoms with Crippen molar-refractivity contribution in [1.82, 2.24) is 9.97 Å². The van der Waals surface area contributed by atoms with Crippen molar-refractivity contribution in [3.8, 4) is 6.07 Å². The van der Waals surface area contributed by atoms with Gasteiger partial charge in [0, 0.05) is 17.3 Å². The molecule has 0 saturated heterocycles. The number of thiazole rings is 1. The highest BCUT2D eigenvalue weighted by atomic mass is 32.1. The summed E-state index contributed by atoms with van der Waals surface area (Å²) in [6.45, 7) is 4.11. The molecule has 0 bridgehead atoms. The molecule has 0 spiro atoms. The molecule has 0 aromatic carbocycles. The smallest absolute Gasteiger partial charge is 0.134 e. The van der Waals surface area contributed by atoms with E-state index in [-0.39, 0.29) is 0 Å². The first-order valence-electron chi connectivity index (χ1n) is 5.73. The van der Waals surface area contributed by atoms with Crippen LogP contribution < -0.4 is 0 Å². The van der Waals surface area contributed by atoms with E-state index in [2.05, 4.69) is 23.0 Å². The Labute approximate surface area is 110 Å². The molecule has 0 aliphatic rings. The average Bonchev–Trinajstić information content (AvgIpc) is 2.78. The van der Waals surface area contributed by atoms with Crippen LogP contribution in [-0.4, -0.2) is 9.97 Å². The van der Waals surface area contributed by atoms with Crippen LogP contribution in [0.1, 0.15) is 28.1 Å². The van der Waals surface area contributed by atoms with Gasteiger partial charge in [-0.05, 0) is 31.1 Å². The highest BCUT2D eigenvalue weighted by Gasteiger charge is 2.10. The summed E-state index contributed by atoms with van der Waals surface area (Å²) in [5.74, 6) is 0. The van der Waals surface area contributed by atoms with Crippen molar-refractivity contribution in [2.24, 2.45) is 0 Å². The van der Waals surface area contributed by atoms with Crippen molar-refractivity contribution >= 4 is 23.0 Å². The predicted molar refractivity (Wildman–Crippen MR) is 74.0 cm³/mol. The first-order chi connectivity index (χ1) is 8.74. The van der Waals surface area contributed by atoms with Gasteiger partial charge in [-0.15, -0.1) is 11.3 Å². The van der Waals surface area contributed by atoms with Crippen molar-refractivity contribution in [3.63, 3.8) is 0 Å². The van der Waals surface area contributed by atoms with Crippen molar-refractivity contribution in [2.75, 3.05) is 0 Å². The molecule has 0 N–H and O–H groups in total. The lowest BCUT2D eigenvalue weighted by molar-refractivity contribution is 1.04. The van der Waals surface area contributed by atoms with Gasteiger partial charge in [0.15, 0.2) is 0 Å². The number of pyridine rings is 1. The summed E-state index contributed by atoms with van der Waals surface area (Å²) in [7, 11) is 0. The monoisotopic (exact) mass is 255 g/mol. The third-order valence-corrected chi connectivity index (χ3v) is 3.62. The van der Waals surface area contributed by atoms with Crippen LogP contribution in [0.5, 0.6) is 0 Å². The third kappa shape index (κ3) is 2.63. The molecule has 0 aliphatic carbocycles. The van der Waals surface area contributed by atoms with E-state index in [1.54, 1.807) is 23.7 Å². The van der Waals surface area contributed by atoms with Gasteiger partial charge in [0.2, 0.25) is 0 Å². The molecule has 4 heteroatoms. The second-order valence-corrected chi connectivity index (χ2v) is 5.03. The Kier molecular flexibility index (Phi) is 3.85. The van der Waals surface area contributed by atoms with E-state index >= 15 is 0 Å². The van der Waals surface area contributed by atoms with Gasteiger partial charge >= 0.3 is 0 Å². The number of rotatable bonds is 3. The molecule has 18 heavy (non-hydrogen) atoms. The number of aryl methyl sites for hydroxylation is 2. The minimum Gasteiger partial charge on any atom is -0.264 e. The van der Waals surface area contributed by atoms with Gasteiger partial charge < -0.3 is 0 Å². The van der Waals surface area contributed by atoms with Gasteiger partial charge in [0.05, 0.1) is 11.3 Å². The number of hydrogen-bond donors (Lipinski definition) is 0. The normalized spacial score (nSPS) is 11.3. The second-order valence-electron chi connectivity index (χ2n) is 3.83. The van der Waals surface area contributed by atoms with Crippen molar-refractivity contribution in [2.45, 2.75) is 20.3 Å². The third-order valence-electron chi connectivity index (χ3n) is 2.57. The molecule has 0 radical (unpaired) electrons. The fraction of sp³-hybridized carbons (Fsp3) is 0.214. The molecule has 2 rings (SSSR count). The van der Waals surface area contributed by atoms with Gasteiger partial charge in [0.25, 0.3) is 0 Å². The van der Waals surface area contributed by atoms with Gasteiger partial charge in [0.1, 0.15) is 11.1 Å². The summed E-state index contributed by atoms with van der Waals surface area (Å²) in [5, 5.41) is 10.0. The van der Waals surface area contributed by atoms with Gasteiger partial charge in [-0.2, -0.15) is 5.26 Å². The molecule has 2 heterocycles. The van der Waals surface area contributed by atoms with Crippen molar-refractivity contribution in [1.29, 1.82) is 5.26 Å². The number of hydrogen-bond acceptors (Lipinski definition) is 4. The maximum atomic E-state index is 9.24. The summed E-state index contributed by atoms with van der Waals surface area (Å²) in [6.07, 6.45) is 6.17. The zero-order chi connectivity index (χ0) is 13.0. The van der Waals surface area contributed by atoms with Crippen LogP contribution in [-0.2, 0) is 6.42 Å². The number of nitriles is 1. The maximum absolute atomic E-state index is 9.24. The first-order valence-corrected chi connectivity index (χ1v) is 6.54. The fourth-order valence-corrected chi connectivity index (χ4v) is 2.61. The zero-order valence-corrected chi connectivity index (χ0v) is 11.2. The van der Waals surface area contributed by atoms with Gasteiger partial charge in [-0.1, -0.05) is 13.0 Å². The molecule has 0 aliphatic heterocycles. The number of nitrogens with zero attached hydrogens (tertiary/aromatic N) is 3. The number of allylic oxidation sites excluding steroid dienone is 1. The predicted octanol–water partition coefficient (Wildman–Crippen LogP) is 3.47. The molecule has 90 valence electrons. The molecule has 0 unspecified atom stereocenters. The van der Waals surface area contributed by atoms with Crippen LogP contribution in [0.4, 0.5) is 0 Å². The van der Waals surface area contributed by atoms with E-state index in [1.807, 2.05) is 25.1 Å². The van der Waals surface area contributed by atoms with E-state index in [9.17, 15) is 5.26 Å². The lowest BCUT2D eigenvalue weighted by atomic mass is 10.2. The Morgan fingerprint density at radius 2 is 2.39 bits per heavy atom. The minimum atomic E-state index is 0.593. The molecule has 0 fully saturated rings. The molecular weight excluding hydrogens is 242 g/mol. The van der Waals surface area contributed by atoms with Gasteiger partial charge in [-0.3, -0.25) is 4.98 Å². The van der Waals surface area contributed by atoms with Crippen LogP contribution >= 0.6 is 11.3 Å². The van der Waals surface area contributed by atoms with E-state index in [0.29, 0.717) is 5.57 Å². The quantitative estimate of drug-likeness (QED) is 0.789. The summed E-state index contributed by atoms with van der Waals surface area (Å²) in [4.78, 5) is 9.72. The highest BCUT2D eigenvalue weighted by molar-refractivity contribution is 7.12. The Hall–Kier alpha value is -1.99. The van der Waals surface area contributed by atoms with Crippen molar-refractivity contribution < 1.29 is 0 Å². The molecular formula is C14H13N3S. The fourth-order valence-electron chi connectivity index (χ4n) is 1.64. The Morgan fingerprint density at radius 3 is 2.94 bits per heavy atom. The van der Waals surface area contributed by atoms with Crippen LogP contribution in [0.15, 0.2) is 24.5 Å². The second kappa shape index (κ2) is 5.56. The summed E-state index contributed by atoms with van der Waals surface area (Å²) in [5.41, 5.74) is 2.58. The Balaban J connectivity index is 2.40. The summed E-state index contributed by atoms with van der Waals surface area (Å²) in [6, 6.07) is 5.99. The van der Waals surface area contributed by atoms with Crippen LogP contribution in [0.25, 0.3) is 11.6 Å². The van der Waals surface area contributed by atoms with E-state index in [4.69, 9.17) is 0 Å². The Bertz CT molecular complexity index is 606. The highest BCUT2D eigenvalue weighted by Crippen LogP contribution is 2.25. The molecule has 2 aromatic heterocycles. The summed E-state index contributed by atoms with van der Waals surface area (Å²) < 4.78 is 0. The average molecular weight is 255 g/mol. The molecule has 0 amide bonds. The first kappa shape index (κ1) is 12.5. The molecule has 0 saturated carbocycles. The van der Waals surface area contributed by atoms with E-state index in [0.717, 1.165) is 22.7 Å².